The van der Waals surface area contributed by atoms with E-state index in [1.54, 1.807) is 45.0 Å². The van der Waals surface area contributed by atoms with Crippen LogP contribution in [0.15, 0.2) is 78.9 Å². The third-order valence-corrected chi connectivity index (χ3v) is 6.92. The Morgan fingerprint density at radius 2 is 1.07 bits per heavy atom. The topological polar surface area (TPSA) is 307 Å². The van der Waals surface area contributed by atoms with Gasteiger partial charge in [0.05, 0.1) is 12.6 Å². The van der Waals surface area contributed by atoms with Crippen molar-refractivity contribution in [1.82, 2.24) is 16.0 Å². The number of nitrogens with one attached hydrogen (secondary N) is 3. The zero-order valence-corrected chi connectivity index (χ0v) is 30.5. The number of rotatable bonds is 14. The molecule has 17 nitrogen and oxygen atoms in total. The molecule has 0 saturated carbocycles. The summed E-state index contributed by atoms with van der Waals surface area (Å²) in [5, 5.41) is 43.5. The van der Waals surface area contributed by atoms with E-state index in [9.17, 15) is 28.8 Å². The first kappa shape index (κ1) is 45.8. The van der Waals surface area contributed by atoms with E-state index in [0.717, 1.165) is 11.1 Å². The van der Waals surface area contributed by atoms with Crippen LogP contribution in [0, 0.1) is 0 Å². The molecule has 0 aliphatic rings. The summed E-state index contributed by atoms with van der Waals surface area (Å²) >= 11 is 0. The summed E-state index contributed by atoms with van der Waals surface area (Å²) in [6.45, 7) is 6.41. The number of aromatic hydroxyl groups is 2. The molecule has 0 aromatic heterocycles. The van der Waals surface area contributed by atoms with Gasteiger partial charge in [0.15, 0.2) is 0 Å². The number of phenols is 2. The standard InChI is InChI=1S/C14H19NO5.C12H16N2O3.C11H15N3O3/c1-14(2,3)20-13(19)15-11(12(17)18)8-9-4-6-10(16)7-5-9;1-8(13)11(15)14-10(12(16)17)7-9-5-3-2-4-6-9;12-6-10(16)14-9(11(13)17)5-7-1-3-8(15)4-2-7/h4-7,11,16H,8H2,1-3H3,(H,15,19)(H,17,18);2-6,8,10H,7,13H2,1H3,(H,14,15)(H,16,17);1-4,9,15H,5-6,12H2,(H2,13,17)(H,14,16)/t11-;8-,10-;9-/m000/s1. The lowest BCUT2D eigenvalue weighted by Crippen LogP contribution is -2.48. The molecule has 0 radical (unpaired) electrons. The molecule has 4 amide bonds. The summed E-state index contributed by atoms with van der Waals surface area (Å²) in [5.74, 6) is -3.51. The average Bonchev–Trinajstić information content (AvgIpc) is 3.09. The molecule has 13 N–H and O–H groups in total. The Balaban J connectivity index is 0.000000407. The highest BCUT2D eigenvalue weighted by Gasteiger charge is 2.24. The first-order valence-corrected chi connectivity index (χ1v) is 16.6. The molecule has 17 heteroatoms. The van der Waals surface area contributed by atoms with E-state index in [1.807, 2.05) is 30.3 Å². The molecule has 0 unspecified atom stereocenters. The van der Waals surface area contributed by atoms with Crippen LogP contribution in [0.2, 0.25) is 0 Å². The Hall–Kier alpha value is -6.20. The van der Waals surface area contributed by atoms with Gasteiger partial charge in [0.1, 0.15) is 35.2 Å². The van der Waals surface area contributed by atoms with E-state index in [1.165, 1.54) is 31.2 Å². The molecule has 3 rings (SSSR count). The van der Waals surface area contributed by atoms with Crippen molar-refractivity contribution in [2.45, 2.75) is 76.7 Å². The predicted molar refractivity (Wildman–Crippen MR) is 198 cm³/mol. The fraction of sp³-hybridized carbons (Fsp3) is 0.351. The van der Waals surface area contributed by atoms with Crippen molar-refractivity contribution in [2.75, 3.05) is 6.54 Å². The predicted octanol–water partition coefficient (Wildman–Crippen LogP) is 0.922. The van der Waals surface area contributed by atoms with Gasteiger partial charge < -0.3 is 58.3 Å². The maximum absolute atomic E-state index is 11.6. The summed E-state index contributed by atoms with van der Waals surface area (Å²) in [5.41, 5.74) is 17.3. The van der Waals surface area contributed by atoms with Gasteiger partial charge in [-0.1, -0.05) is 54.6 Å². The molecule has 0 spiro atoms. The SMILES string of the molecule is CC(C)(C)OC(=O)N[C@@H](Cc1ccc(O)cc1)C(=O)O.C[C@H](N)C(=O)N[C@@H](Cc1ccccc1)C(=O)O.NCC(=O)N[C@@H](Cc1ccc(O)cc1)C(N)=O. The second kappa shape index (κ2) is 22.7. The van der Waals surface area contributed by atoms with Crippen molar-refractivity contribution < 1.29 is 53.9 Å². The summed E-state index contributed by atoms with van der Waals surface area (Å²) in [6, 6.07) is 18.0. The summed E-state index contributed by atoms with van der Waals surface area (Å²) in [6.07, 6.45) is -0.158. The molecule has 4 atom stereocenters. The molecular formula is C37H50N6O11. The number of alkyl carbamates (subject to hydrolysis) is 1. The van der Waals surface area contributed by atoms with Crippen LogP contribution >= 0.6 is 0 Å². The smallest absolute Gasteiger partial charge is 0.408 e. The highest BCUT2D eigenvalue weighted by Crippen LogP contribution is 2.13. The van der Waals surface area contributed by atoms with Gasteiger partial charge in [-0.25, -0.2) is 14.4 Å². The quantitative estimate of drug-likeness (QED) is 0.110. The maximum Gasteiger partial charge on any atom is 0.408 e. The zero-order valence-electron chi connectivity index (χ0n) is 30.5. The molecule has 0 aliphatic carbocycles. The fourth-order valence-electron chi connectivity index (χ4n) is 4.21. The van der Waals surface area contributed by atoms with Gasteiger partial charge in [0.25, 0.3) is 0 Å². The van der Waals surface area contributed by atoms with Gasteiger partial charge in [0, 0.05) is 19.3 Å². The Labute approximate surface area is 312 Å². The monoisotopic (exact) mass is 754 g/mol. The number of hydrogen-bond acceptors (Lipinski definition) is 11. The van der Waals surface area contributed by atoms with Crippen LogP contribution in [0.5, 0.6) is 11.5 Å². The first-order chi connectivity index (χ1) is 25.2. The Morgan fingerprint density at radius 3 is 1.44 bits per heavy atom. The molecule has 0 fully saturated rings. The molecule has 294 valence electrons. The first-order valence-electron chi connectivity index (χ1n) is 16.6. The number of hydrogen-bond donors (Lipinski definition) is 10. The van der Waals surface area contributed by atoms with Gasteiger partial charge in [-0.2, -0.15) is 0 Å². The Bertz CT molecular complexity index is 1660. The van der Waals surface area contributed by atoms with Crippen LogP contribution < -0.4 is 33.2 Å². The van der Waals surface area contributed by atoms with E-state index in [2.05, 4.69) is 16.0 Å². The van der Waals surface area contributed by atoms with Crippen LogP contribution in [0.4, 0.5) is 4.79 Å². The summed E-state index contributed by atoms with van der Waals surface area (Å²) < 4.78 is 5.02. The second-order valence-corrected chi connectivity index (χ2v) is 12.9. The summed E-state index contributed by atoms with van der Waals surface area (Å²) in [7, 11) is 0. The number of carboxylic acid groups (broad SMARTS) is 2. The number of primary amides is 1. The minimum Gasteiger partial charge on any atom is -0.508 e. The highest BCUT2D eigenvalue weighted by atomic mass is 16.6. The van der Waals surface area contributed by atoms with Crippen LogP contribution in [0.1, 0.15) is 44.4 Å². The molecule has 0 aliphatic heterocycles. The second-order valence-electron chi connectivity index (χ2n) is 12.9. The Morgan fingerprint density at radius 1 is 0.667 bits per heavy atom. The van der Waals surface area contributed by atoms with E-state index in [0.29, 0.717) is 5.56 Å². The molecule has 0 heterocycles. The number of nitrogens with two attached hydrogens (primary N) is 3. The van der Waals surface area contributed by atoms with Crippen molar-refractivity contribution in [1.29, 1.82) is 0 Å². The molecule has 0 saturated heterocycles. The van der Waals surface area contributed by atoms with Gasteiger partial charge in [-0.3, -0.25) is 14.4 Å². The minimum atomic E-state index is -1.15. The normalized spacial score (nSPS) is 12.7. The number of aliphatic carboxylic acids is 2. The molecule has 0 bridgehead atoms. The number of carboxylic acids is 2. The van der Waals surface area contributed by atoms with E-state index in [4.69, 9.17) is 42.4 Å². The van der Waals surface area contributed by atoms with Crippen molar-refractivity contribution in [3.8, 4) is 11.5 Å². The number of amides is 4. The van der Waals surface area contributed by atoms with Crippen LogP contribution in [0.25, 0.3) is 0 Å². The van der Waals surface area contributed by atoms with Gasteiger partial charge >= 0.3 is 18.0 Å². The van der Waals surface area contributed by atoms with Gasteiger partial charge in [-0.05, 0) is 68.7 Å². The molecule has 54 heavy (non-hydrogen) atoms. The third kappa shape index (κ3) is 19.4. The number of carbonyl (C=O) groups excluding carboxylic acids is 4. The van der Waals surface area contributed by atoms with Crippen molar-refractivity contribution in [3.63, 3.8) is 0 Å². The average molecular weight is 755 g/mol. The van der Waals surface area contributed by atoms with Crippen molar-refractivity contribution in [2.24, 2.45) is 17.2 Å². The van der Waals surface area contributed by atoms with Crippen LogP contribution in [-0.4, -0.2) is 92.5 Å². The lowest BCUT2D eigenvalue weighted by atomic mass is 10.1. The molecular weight excluding hydrogens is 704 g/mol. The fourth-order valence-corrected chi connectivity index (χ4v) is 4.21. The molecule has 3 aromatic rings. The van der Waals surface area contributed by atoms with E-state index in [-0.39, 0.29) is 37.3 Å². The van der Waals surface area contributed by atoms with Crippen molar-refractivity contribution >= 4 is 35.8 Å². The third-order valence-electron chi connectivity index (χ3n) is 6.92. The zero-order chi connectivity index (χ0) is 41.0. The number of ether oxygens (including phenoxy) is 1. The van der Waals surface area contributed by atoms with Gasteiger partial charge in [-0.15, -0.1) is 0 Å². The van der Waals surface area contributed by atoms with Crippen LogP contribution in [0.3, 0.4) is 0 Å². The minimum absolute atomic E-state index is 0.0979. The number of benzene rings is 3. The summed E-state index contributed by atoms with van der Waals surface area (Å²) in [4.78, 5) is 67.3. The maximum atomic E-state index is 11.6. The molecule has 3 aromatic carbocycles. The Kier molecular flexibility index (Phi) is 19.2. The highest BCUT2D eigenvalue weighted by molar-refractivity contribution is 5.88. The number of phenolic OH excluding ortho intramolecular Hbond substituents is 2. The van der Waals surface area contributed by atoms with E-state index >= 15 is 0 Å². The number of carbonyl (C=O) groups is 6. The van der Waals surface area contributed by atoms with Gasteiger partial charge in [0.2, 0.25) is 17.7 Å². The van der Waals surface area contributed by atoms with Crippen LogP contribution in [-0.2, 0) is 48.0 Å². The van der Waals surface area contributed by atoms with Crippen molar-refractivity contribution in [3.05, 3.63) is 95.6 Å². The lowest BCUT2D eigenvalue weighted by Gasteiger charge is -2.22. The lowest BCUT2D eigenvalue weighted by molar-refractivity contribution is -0.142. The van der Waals surface area contributed by atoms with E-state index < -0.39 is 65.5 Å². The largest absolute Gasteiger partial charge is 0.508 e.